The van der Waals surface area contributed by atoms with Crippen molar-refractivity contribution in [1.82, 2.24) is 4.90 Å². The molecule has 0 radical (unpaired) electrons. The number of benzene rings is 1. The van der Waals surface area contributed by atoms with Crippen LogP contribution < -0.4 is 0 Å². The van der Waals surface area contributed by atoms with Gasteiger partial charge in [0.1, 0.15) is 0 Å². The van der Waals surface area contributed by atoms with Gasteiger partial charge in [-0.05, 0) is 46.2 Å². The summed E-state index contributed by atoms with van der Waals surface area (Å²) in [7, 11) is 0. The van der Waals surface area contributed by atoms with Gasteiger partial charge in [-0.3, -0.25) is 9.59 Å². The number of hydrogen-bond acceptors (Lipinski definition) is 2. The van der Waals surface area contributed by atoms with Gasteiger partial charge in [0, 0.05) is 17.6 Å². The van der Waals surface area contributed by atoms with Gasteiger partial charge in [-0.25, -0.2) is 0 Å². The maximum atomic E-state index is 12.7. The molecule has 0 fully saturated rings. The normalized spacial score (nSPS) is 10.9. The number of nitrogens with zero attached hydrogens (tertiary/aromatic N) is 1. The van der Waals surface area contributed by atoms with E-state index in [0.29, 0.717) is 11.1 Å². The average molecular weight is 277 g/mol. The van der Waals surface area contributed by atoms with E-state index in [2.05, 4.69) is 0 Å². The topological polar surface area (TPSA) is 57.6 Å². The number of hydrogen-bond donors (Lipinski definition) is 1. The molecule has 1 rings (SSSR count). The first-order valence-corrected chi connectivity index (χ1v) is 6.88. The quantitative estimate of drug-likeness (QED) is 0.900. The minimum Gasteiger partial charge on any atom is -0.481 e. The summed E-state index contributed by atoms with van der Waals surface area (Å²) < 4.78 is 0. The van der Waals surface area contributed by atoms with Crippen molar-refractivity contribution in [1.29, 1.82) is 0 Å². The SMILES string of the molecule is Cc1ccc(C(=O)N(C(C)C)C(C)C)c(CC(=O)O)c1. The predicted molar refractivity (Wildman–Crippen MR) is 79.0 cm³/mol. The standard InChI is InChI=1S/C16H23NO3/c1-10(2)17(11(3)4)16(20)14-7-6-12(5)8-13(14)9-15(18)19/h6-8,10-11H,9H2,1-5H3,(H,18,19). The first-order valence-electron chi connectivity index (χ1n) is 6.88. The average Bonchev–Trinajstić information content (AvgIpc) is 2.26. The van der Waals surface area contributed by atoms with Crippen molar-refractivity contribution in [2.45, 2.75) is 53.1 Å². The van der Waals surface area contributed by atoms with E-state index in [0.717, 1.165) is 5.56 Å². The number of carbonyl (C=O) groups excluding carboxylic acids is 1. The van der Waals surface area contributed by atoms with Crippen molar-refractivity contribution in [2.24, 2.45) is 0 Å². The molecule has 1 aromatic rings. The lowest BCUT2D eigenvalue weighted by Crippen LogP contribution is -2.42. The molecular formula is C16H23NO3. The minimum atomic E-state index is -0.926. The lowest BCUT2D eigenvalue weighted by Gasteiger charge is -2.31. The van der Waals surface area contributed by atoms with Gasteiger partial charge in [0.15, 0.2) is 0 Å². The second-order valence-corrected chi connectivity index (χ2v) is 5.63. The molecule has 20 heavy (non-hydrogen) atoms. The summed E-state index contributed by atoms with van der Waals surface area (Å²) >= 11 is 0. The van der Waals surface area contributed by atoms with E-state index >= 15 is 0 Å². The van der Waals surface area contributed by atoms with Crippen molar-refractivity contribution < 1.29 is 14.7 Å². The number of amides is 1. The summed E-state index contributed by atoms with van der Waals surface area (Å²) in [6, 6.07) is 5.49. The Balaban J connectivity index is 3.23. The number of rotatable bonds is 5. The summed E-state index contributed by atoms with van der Waals surface area (Å²) in [5.74, 6) is -1.03. The van der Waals surface area contributed by atoms with Crippen LogP contribution in [-0.4, -0.2) is 34.0 Å². The molecule has 0 aromatic heterocycles. The van der Waals surface area contributed by atoms with Crippen molar-refractivity contribution in [3.05, 3.63) is 34.9 Å². The van der Waals surface area contributed by atoms with Crippen LogP contribution in [0.2, 0.25) is 0 Å². The molecule has 1 N–H and O–H groups in total. The molecule has 110 valence electrons. The fourth-order valence-corrected chi connectivity index (χ4v) is 2.44. The molecule has 0 saturated heterocycles. The van der Waals surface area contributed by atoms with Crippen molar-refractivity contribution in [2.75, 3.05) is 0 Å². The van der Waals surface area contributed by atoms with Crippen LogP contribution in [0.15, 0.2) is 18.2 Å². The molecule has 0 aliphatic rings. The molecule has 0 atom stereocenters. The Morgan fingerprint density at radius 2 is 1.70 bits per heavy atom. The molecule has 0 aliphatic heterocycles. The van der Waals surface area contributed by atoms with Crippen LogP contribution in [0.5, 0.6) is 0 Å². The molecule has 1 amide bonds. The molecule has 0 bridgehead atoms. The lowest BCUT2D eigenvalue weighted by molar-refractivity contribution is -0.136. The van der Waals surface area contributed by atoms with Crippen LogP contribution in [0.4, 0.5) is 0 Å². The molecular weight excluding hydrogens is 254 g/mol. The molecule has 0 aliphatic carbocycles. The van der Waals surface area contributed by atoms with Gasteiger partial charge in [0.25, 0.3) is 5.91 Å². The van der Waals surface area contributed by atoms with Gasteiger partial charge < -0.3 is 10.0 Å². The number of carboxylic acid groups (broad SMARTS) is 1. The molecule has 4 heteroatoms. The summed E-state index contributed by atoms with van der Waals surface area (Å²) in [5.41, 5.74) is 2.02. The van der Waals surface area contributed by atoms with Crippen molar-refractivity contribution >= 4 is 11.9 Å². The van der Waals surface area contributed by atoms with Gasteiger partial charge in [-0.15, -0.1) is 0 Å². The lowest BCUT2D eigenvalue weighted by atomic mass is 9.99. The Morgan fingerprint density at radius 3 is 2.15 bits per heavy atom. The molecule has 0 spiro atoms. The summed E-state index contributed by atoms with van der Waals surface area (Å²) in [5, 5.41) is 9.00. The first-order chi connectivity index (χ1) is 9.23. The van der Waals surface area contributed by atoms with E-state index in [1.807, 2.05) is 40.7 Å². The molecule has 1 aromatic carbocycles. The van der Waals surface area contributed by atoms with E-state index < -0.39 is 5.97 Å². The highest BCUT2D eigenvalue weighted by Crippen LogP contribution is 2.18. The summed E-state index contributed by atoms with van der Waals surface area (Å²) in [6.45, 7) is 9.74. The first kappa shape index (κ1) is 16.2. The van der Waals surface area contributed by atoms with Crippen LogP contribution in [-0.2, 0) is 11.2 Å². The van der Waals surface area contributed by atoms with Crippen LogP contribution in [0.3, 0.4) is 0 Å². The zero-order valence-corrected chi connectivity index (χ0v) is 12.8. The smallest absolute Gasteiger partial charge is 0.307 e. The number of aliphatic carboxylic acids is 1. The fourth-order valence-electron chi connectivity index (χ4n) is 2.44. The third-order valence-electron chi connectivity index (χ3n) is 3.18. The van der Waals surface area contributed by atoms with E-state index in [1.165, 1.54) is 0 Å². The Labute approximate surface area is 120 Å². The number of carbonyl (C=O) groups is 2. The van der Waals surface area contributed by atoms with Crippen molar-refractivity contribution in [3.8, 4) is 0 Å². The largest absolute Gasteiger partial charge is 0.481 e. The maximum absolute atomic E-state index is 12.7. The minimum absolute atomic E-state index is 0.0708. The van der Waals surface area contributed by atoms with E-state index in [-0.39, 0.29) is 24.4 Å². The maximum Gasteiger partial charge on any atom is 0.307 e. The molecule has 0 unspecified atom stereocenters. The van der Waals surface area contributed by atoms with Crippen LogP contribution in [0, 0.1) is 6.92 Å². The predicted octanol–water partition coefficient (Wildman–Crippen LogP) is 2.88. The second kappa shape index (κ2) is 6.55. The summed E-state index contributed by atoms with van der Waals surface area (Å²) in [6.07, 6.45) is -0.132. The van der Waals surface area contributed by atoms with Gasteiger partial charge in [-0.2, -0.15) is 0 Å². The highest BCUT2D eigenvalue weighted by atomic mass is 16.4. The Morgan fingerprint density at radius 1 is 1.15 bits per heavy atom. The number of carboxylic acids is 1. The van der Waals surface area contributed by atoms with Gasteiger partial charge in [0.05, 0.1) is 6.42 Å². The van der Waals surface area contributed by atoms with E-state index in [9.17, 15) is 9.59 Å². The van der Waals surface area contributed by atoms with Gasteiger partial charge >= 0.3 is 5.97 Å². The Bertz CT molecular complexity index is 498. The summed E-state index contributed by atoms with van der Waals surface area (Å²) in [4.78, 5) is 25.4. The van der Waals surface area contributed by atoms with E-state index in [1.54, 1.807) is 17.0 Å². The third-order valence-corrected chi connectivity index (χ3v) is 3.18. The second-order valence-electron chi connectivity index (χ2n) is 5.63. The van der Waals surface area contributed by atoms with Gasteiger partial charge in [0.2, 0.25) is 0 Å². The van der Waals surface area contributed by atoms with Crippen molar-refractivity contribution in [3.63, 3.8) is 0 Å². The highest BCUT2D eigenvalue weighted by Gasteiger charge is 2.24. The third kappa shape index (κ3) is 3.83. The molecule has 0 saturated carbocycles. The Hall–Kier alpha value is -1.84. The van der Waals surface area contributed by atoms with Crippen LogP contribution in [0.25, 0.3) is 0 Å². The number of aryl methyl sites for hydroxylation is 1. The fraction of sp³-hybridized carbons (Fsp3) is 0.500. The van der Waals surface area contributed by atoms with Crippen LogP contribution >= 0.6 is 0 Å². The highest BCUT2D eigenvalue weighted by molar-refractivity contribution is 5.97. The molecule has 4 nitrogen and oxygen atoms in total. The monoisotopic (exact) mass is 277 g/mol. The van der Waals surface area contributed by atoms with E-state index in [4.69, 9.17) is 5.11 Å². The van der Waals surface area contributed by atoms with Gasteiger partial charge in [-0.1, -0.05) is 17.7 Å². The van der Waals surface area contributed by atoms with Crippen LogP contribution in [0.1, 0.15) is 49.2 Å². The zero-order chi connectivity index (χ0) is 15.4. The molecule has 0 heterocycles. The zero-order valence-electron chi connectivity index (χ0n) is 12.8. The Kier molecular flexibility index (Phi) is 5.31.